The molecule has 148 valence electrons. The van der Waals surface area contributed by atoms with Crippen LogP contribution in [0.15, 0.2) is 77.7 Å². The first-order valence-corrected chi connectivity index (χ1v) is 9.97. The lowest BCUT2D eigenvalue weighted by molar-refractivity contribution is -0.577. The molecule has 2 aromatic carbocycles. The van der Waals surface area contributed by atoms with E-state index in [-0.39, 0.29) is 12.0 Å². The van der Waals surface area contributed by atoms with Gasteiger partial charge in [0.2, 0.25) is 5.52 Å². The molecule has 2 heterocycles. The number of ether oxygens (including phenoxy) is 1. The Morgan fingerprint density at radius 3 is 2.72 bits per heavy atom. The molecule has 1 aromatic heterocycles. The Hall–Kier alpha value is -3.05. The number of nitrogens with zero attached hydrogens (tertiary/aromatic N) is 3. The molecule has 2 unspecified atom stereocenters. The smallest absolute Gasteiger partial charge is 0.227 e. The van der Waals surface area contributed by atoms with Crippen LogP contribution >= 0.6 is 11.6 Å². The van der Waals surface area contributed by atoms with Gasteiger partial charge in [-0.05, 0) is 55.2 Å². The molecule has 6 heteroatoms. The number of halogens is 1. The van der Waals surface area contributed by atoms with Gasteiger partial charge in [0.25, 0.3) is 0 Å². The van der Waals surface area contributed by atoms with E-state index in [0.29, 0.717) is 16.3 Å². The summed E-state index contributed by atoms with van der Waals surface area (Å²) in [6.07, 6.45) is 6.07. The van der Waals surface area contributed by atoms with Crippen LogP contribution in [-0.2, 0) is 0 Å². The third-order valence-corrected chi connectivity index (χ3v) is 5.39. The van der Waals surface area contributed by atoms with E-state index in [1.807, 2.05) is 66.8 Å². The topological polar surface area (TPSA) is 51.8 Å². The maximum Gasteiger partial charge on any atom is 0.227 e. The number of pyridine rings is 1. The summed E-state index contributed by atoms with van der Waals surface area (Å²) in [6, 6.07) is 16.8. The molecule has 5 nitrogen and oxygen atoms in total. The molecule has 0 saturated carbocycles. The van der Waals surface area contributed by atoms with Crippen molar-refractivity contribution in [2.24, 2.45) is 11.0 Å². The van der Waals surface area contributed by atoms with Crippen molar-refractivity contribution in [1.82, 2.24) is 0 Å². The third kappa shape index (κ3) is 4.05. The highest BCUT2D eigenvalue weighted by Crippen LogP contribution is 2.30. The van der Waals surface area contributed by atoms with Gasteiger partial charge in [-0.15, -0.1) is 0 Å². The first kappa shape index (κ1) is 19.3. The molecule has 1 aliphatic heterocycles. The number of hydrogen-bond acceptors (Lipinski definition) is 4. The molecule has 29 heavy (non-hydrogen) atoms. The van der Waals surface area contributed by atoms with Crippen molar-refractivity contribution in [2.45, 2.75) is 26.4 Å². The predicted octanol–water partition coefficient (Wildman–Crippen LogP) is 5.31. The van der Waals surface area contributed by atoms with Crippen LogP contribution in [0, 0.1) is 11.1 Å². The molecule has 0 saturated heterocycles. The molecule has 0 fully saturated rings. The van der Waals surface area contributed by atoms with Gasteiger partial charge in [-0.2, -0.15) is 9.83 Å². The van der Waals surface area contributed by atoms with Gasteiger partial charge in [-0.3, -0.25) is 0 Å². The Morgan fingerprint density at radius 2 is 1.93 bits per heavy atom. The van der Waals surface area contributed by atoms with Crippen LogP contribution in [0.1, 0.15) is 20.3 Å². The highest BCUT2D eigenvalue weighted by atomic mass is 35.5. The molecule has 1 aliphatic rings. The zero-order valence-corrected chi connectivity index (χ0v) is 17.1. The molecule has 0 radical (unpaired) electrons. The summed E-state index contributed by atoms with van der Waals surface area (Å²) in [4.78, 5) is 0. The summed E-state index contributed by atoms with van der Waals surface area (Å²) >= 11 is 6.02. The van der Waals surface area contributed by atoms with Gasteiger partial charge in [-0.25, -0.2) is 5.01 Å². The molecule has 3 aromatic rings. The van der Waals surface area contributed by atoms with Gasteiger partial charge in [0.05, 0.1) is 11.1 Å². The quantitative estimate of drug-likeness (QED) is 0.435. The number of anilines is 1. The summed E-state index contributed by atoms with van der Waals surface area (Å²) in [5, 5.41) is 20.0. The number of benzene rings is 2. The van der Waals surface area contributed by atoms with E-state index in [4.69, 9.17) is 16.3 Å². The van der Waals surface area contributed by atoms with Crippen molar-refractivity contribution in [2.75, 3.05) is 5.01 Å². The van der Waals surface area contributed by atoms with Crippen LogP contribution in [-0.4, -0.2) is 12.3 Å². The van der Waals surface area contributed by atoms with Crippen molar-refractivity contribution < 1.29 is 9.47 Å². The lowest BCUT2D eigenvalue weighted by Crippen LogP contribution is -2.27. The van der Waals surface area contributed by atoms with Crippen LogP contribution in [0.2, 0.25) is 5.02 Å². The van der Waals surface area contributed by atoms with Gasteiger partial charge in [-0.1, -0.05) is 30.7 Å². The predicted molar refractivity (Wildman–Crippen MR) is 117 cm³/mol. The van der Waals surface area contributed by atoms with E-state index >= 15 is 0 Å². The largest absolute Gasteiger partial charge is 0.618 e. The van der Waals surface area contributed by atoms with E-state index in [9.17, 15) is 5.21 Å². The maximum absolute atomic E-state index is 12.1. The SMILES string of the molecule is CC1CC=NN(c2ccc(Cl)cc2)C=C1C(C)Oc1cc[n+]([O-])c2ccccc12. The summed E-state index contributed by atoms with van der Waals surface area (Å²) in [5.74, 6) is 0.960. The molecule has 0 aliphatic carbocycles. The average molecular weight is 408 g/mol. The maximum atomic E-state index is 12.1. The molecular formula is C23H22ClN3O2. The Kier molecular flexibility index (Phi) is 5.41. The number of fused-ring (bicyclic) bond motifs is 1. The van der Waals surface area contributed by atoms with E-state index in [2.05, 4.69) is 12.0 Å². The molecule has 0 N–H and O–H groups in total. The van der Waals surface area contributed by atoms with Crippen molar-refractivity contribution in [3.63, 3.8) is 0 Å². The van der Waals surface area contributed by atoms with Gasteiger partial charge in [0, 0.05) is 29.6 Å². The van der Waals surface area contributed by atoms with Crippen LogP contribution in [0.3, 0.4) is 0 Å². The van der Waals surface area contributed by atoms with Gasteiger partial charge in [0.15, 0.2) is 6.20 Å². The Balaban J connectivity index is 1.65. The Bertz CT molecular complexity index is 1080. The first-order chi connectivity index (χ1) is 14.0. The zero-order valence-electron chi connectivity index (χ0n) is 16.3. The number of para-hydroxylation sites is 1. The normalized spacial score (nSPS) is 17.7. The van der Waals surface area contributed by atoms with Crippen LogP contribution < -0.4 is 14.5 Å². The van der Waals surface area contributed by atoms with E-state index in [0.717, 1.165) is 27.8 Å². The van der Waals surface area contributed by atoms with Crippen molar-refractivity contribution in [3.8, 4) is 5.75 Å². The number of hydrazone groups is 1. The minimum atomic E-state index is -0.188. The van der Waals surface area contributed by atoms with Gasteiger partial charge in [0.1, 0.15) is 11.9 Å². The van der Waals surface area contributed by atoms with Gasteiger partial charge < -0.3 is 9.94 Å². The standard InChI is InChI=1S/C23H22ClN3O2/c1-16-11-13-25-26(19-9-7-18(24)8-10-19)15-21(16)17(2)29-23-12-14-27(28)22-6-4-3-5-20(22)23/h3-10,12-17H,11H2,1-2H3. The molecule has 0 bridgehead atoms. The highest BCUT2D eigenvalue weighted by Gasteiger charge is 2.22. The second-order valence-electron chi connectivity index (χ2n) is 7.17. The fraction of sp³-hybridized carbons (Fsp3) is 0.217. The summed E-state index contributed by atoms with van der Waals surface area (Å²) in [7, 11) is 0. The number of aromatic nitrogens is 1. The minimum Gasteiger partial charge on any atom is -0.618 e. The fourth-order valence-electron chi connectivity index (χ4n) is 3.51. The van der Waals surface area contributed by atoms with E-state index < -0.39 is 0 Å². The second-order valence-corrected chi connectivity index (χ2v) is 7.60. The monoisotopic (exact) mass is 407 g/mol. The third-order valence-electron chi connectivity index (χ3n) is 5.14. The molecule has 0 spiro atoms. The molecule has 2 atom stereocenters. The fourth-order valence-corrected chi connectivity index (χ4v) is 3.64. The van der Waals surface area contributed by atoms with E-state index in [1.165, 1.54) is 6.20 Å². The summed E-state index contributed by atoms with van der Waals surface area (Å²) < 4.78 is 7.19. The lowest BCUT2D eigenvalue weighted by atomic mass is 9.95. The first-order valence-electron chi connectivity index (χ1n) is 9.59. The molecule has 0 amide bonds. The van der Waals surface area contributed by atoms with Crippen molar-refractivity contribution >= 4 is 34.4 Å². The van der Waals surface area contributed by atoms with Crippen LogP contribution in [0.5, 0.6) is 5.75 Å². The van der Waals surface area contributed by atoms with Crippen LogP contribution in [0.25, 0.3) is 10.9 Å². The van der Waals surface area contributed by atoms with E-state index in [1.54, 1.807) is 12.1 Å². The zero-order chi connectivity index (χ0) is 20.4. The number of hydrogen-bond donors (Lipinski definition) is 0. The van der Waals surface area contributed by atoms with Gasteiger partial charge >= 0.3 is 0 Å². The highest BCUT2D eigenvalue weighted by molar-refractivity contribution is 6.30. The van der Waals surface area contributed by atoms with Crippen molar-refractivity contribution in [3.05, 3.63) is 82.8 Å². The molecule has 4 rings (SSSR count). The summed E-state index contributed by atoms with van der Waals surface area (Å²) in [6.45, 7) is 4.19. The Morgan fingerprint density at radius 1 is 1.17 bits per heavy atom. The minimum absolute atomic E-state index is 0.188. The lowest BCUT2D eigenvalue weighted by Gasteiger charge is -2.23. The number of rotatable bonds is 4. The summed E-state index contributed by atoms with van der Waals surface area (Å²) in [5.41, 5.74) is 2.65. The Labute approximate surface area is 175 Å². The van der Waals surface area contributed by atoms with Crippen LogP contribution in [0.4, 0.5) is 5.69 Å². The molecular weight excluding hydrogens is 386 g/mol. The van der Waals surface area contributed by atoms with Crippen molar-refractivity contribution in [1.29, 1.82) is 0 Å². The second kappa shape index (κ2) is 8.13. The average Bonchev–Trinajstić information content (AvgIpc) is 2.92.